The number of rotatable bonds is 4. The quantitative estimate of drug-likeness (QED) is 0.466. The largest absolute Gasteiger partial charge is 0.468 e. The van der Waals surface area contributed by atoms with Gasteiger partial charge in [0.25, 0.3) is 0 Å². The van der Waals surface area contributed by atoms with Crippen molar-refractivity contribution in [2.45, 2.75) is 20.3 Å². The van der Waals surface area contributed by atoms with Gasteiger partial charge in [-0.15, -0.1) is 0 Å². The van der Waals surface area contributed by atoms with Crippen LogP contribution in [0.5, 0.6) is 0 Å². The van der Waals surface area contributed by atoms with Gasteiger partial charge >= 0.3 is 11.9 Å². The molecule has 0 N–H and O–H groups in total. The average Bonchev–Trinajstić information content (AvgIpc) is 2.06. The lowest BCUT2D eigenvalue weighted by Crippen LogP contribution is -2.26. The van der Waals surface area contributed by atoms with Crippen LogP contribution in [0.2, 0.25) is 0 Å². The summed E-state index contributed by atoms with van der Waals surface area (Å²) in [4.78, 5) is 22.0. The van der Waals surface area contributed by atoms with E-state index in [9.17, 15) is 9.59 Å². The summed E-state index contributed by atoms with van der Waals surface area (Å²) < 4.78 is 9.11. The number of esters is 2. The zero-order chi connectivity index (χ0) is 9.56. The third kappa shape index (κ3) is 2.90. The summed E-state index contributed by atoms with van der Waals surface area (Å²) in [7, 11) is 1.25. The molecule has 0 bridgehead atoms. The summed E-state index contributed by atoms with van der Waals surface area (Å²) >= 11 is 0. The highest BCUT2D eigenvalue weighted by Crippen LogP contribution is 2.06. The van der Waals surface area contributed by atoms with Crippen LogP contribution >= 0.6 is 0 Å². The topological polar surface area (TPSA) is 52.6 Å². The minimum Gasteiger partial charge on any atom is -0.468 e. The van der Waals surface area contributed by atoms with E-state index in [1.54, 1.807) is 13.8 Å². The fraction of sp³-hybridized carbons (Fsp3) is 0.750. The second-order valence-electron chi connectivity index (χ2n) is 2.24. The van der Waals surface area contributed by atoms with Crippen LogP contribution in [0.15, 0.2) is 0 Å². The Morgan fingerprint density at radius 1 is 1.25 bits per heavy atom. The first-order chi connectivity index (χ1) is 5.67. The monoisotopic (exact) mass is 174 g/mol. The number of carbonyl (C=O) groups excluding carboxylic acids is 2. The predicted octanol–water partition coefficient (Wildman–Crippen LogP) is 0.749. The zero-order valence-corrected chi connectivity index (χ0v) is 7.62. The van der Waals surface area contributed by atoms with Crippen molar-refractivity contribution < 1.29 is 19.1 Å². The standard InChI is InChI=1S/C8H14O4/c1-4-6(7(9)11-3)8(10)12-5-2/h6H,4-5H2,1-3H3/t6-/m1/s1. The van der Waals surface area contributed by atoms with E-state index in [-0.39, 0.29) is 6.61 Å². The number of carbonyl (C=O) groups is 2. The molecule has 0 radical (unpaired) electrons. The highest BCUT2D eigenvalue weighted by atomic mass is 16.5. The molecule has 0 saturated carbocycles. The number of hydrogen-bond acceptors (Lipinski definition) is 4. The van der Waals surface area contributed by atoms with E-state index in [0.717, 1.165) is 0 Å². The highest BCUT2D eigenvalue weighted by Gasteiger charge is 2.26. The van der Waals surface area contributed by atoms with Crippen LogP contribution in [-0.2, 0) is 19.1 Å². The lowest BCUT2D eigenvalue weighted by atomic mass is 10.1. The van der Waals surface area contributed by atoms with Gasteiger partial charge in [-0.25, -0.2) is 0 Å². The molecule has 1 atom stereocenters. The molecule has 0 aromatic heterocycles. The van der Waals surface area contributed by atoms with Crippen LogP contribution in [0.1, 0.15) is 20.3 Å². The molecule has 0 unspecified atom stereocenters. The van der Waals surface area contributed by atoms with Crippen molar-refractivity contribution in [2.24, 2.45) is 5.92 Å². The summed E-state index contributed by atoms with van der Waals surface area (Å²) in [6.45, 7) is 3.72. The molecule has 4 heteroatoms. The Morgan fingerprint density at radius 3 is 2.17 bits per heavy atom. The van der Waals surface area contributed by atoms with Gasteiger partial charge < -0.3 is 9.47 Å². The van der Waals surface area contributed by atoms with Crippen molar-refractivity contribution in [3.8, 4) is 0 Å². The second kappa shape index (κ2) is 5.57. The van der Waals surface area contributed by atoms with E-state index in [4.69, 9.17) is 0 Å². The van der Waals surface area contributed by atoms with Crippen molar-refractivity contribution in [1.29, 1.82) is 0 Å². The van der Waals surface area contributed by atoms with Crippen molar-refractivity contribution in [1.82, 2.24) is 0 Å². The van der Waals surface area contributed by atoms with Crippen LogP contribution < -0.4 is 0 Å². The van der Waals surface area contributed by atoms with Crippen LogP contribution in [-0.4, -0.2) is 25.7 Å². The summed E-state index contributed by atoms with van der Waals surface area (Å²) in [6.07, 6.45) is 0.408. The molecular formula is C8H14O4. The summed E-state index contributed by atoms with van der Waals surface area (Å²) in [5.74, 6) is -1.81. The first kappa shape index (κ1) is 10.9. The van der Waals surface area contributed by atoms with E-state index in [0.29, 0.717) is 6.42 Å². The molecule has 0 saturated heterocycles. The molecule has 0 aromatic carbocycles. The van der Waals surface area contributed by atoms with Gasteiger partial charge in [0.2, 0.25) is 0 Å². The predicted molar refractivity (Wildman–Crippen MR) is 42.4 cm³/mol. The molecule has 0 spiro atoms. The Labute approximate surface area is 71.8 Å². The lowest BCUT2D eigenvalue weighted by Gasteiger charge is -2.10. The molecule has 4 nitrogen and oxygen atoms in total. The van der Waals surface area contributed by atoms with Crippen LogP contribution in [0.25, 0.3) is 0 Å². The molecule has 0 aromatic rings. The molecule has 0 aliphatic heterocycles. The average molecular weight is 174 g/mol. The molecule has 70 valence electrons. The molecular weight excluding hydrogens is 160 g/mol. The molecule has 0 aliphatic rings. The van der Waals surface area contributed by atoms with Gasteiger partial charge in [-0.2, -0.15) is 0 Å². The zero-order valence-electron chi connectivity index (χ0n) is 7.62. The van der Waals surface area contributed by atoms with Gasteiger partial charge in [0.15, 0.2) is 5.92 Å². The molecule has 0 heterocycles. The Hall–Kier alpha value is -1.06. The third-order valence-corrected chi connectivity index (χ3v) is 1.47. The van der Waals surface area contributed by atoms with Gasteiger partial charge in [-0.05, 0) is 13.3 Å². The van der Waals surface area contributed by atoms with E-state index in [1.165, 1.54) is 7.11 Å². The van der Waals surface area contributed by atoms with Gasteiger partial charge in [0.1, 0.15) is 0 Å². The van der Waals surface area contributed by atoms with Gasteiger partial charge in [0, 0.05) is 0 Å². The fourth-order valence-electron chi connectivity index (χ4n) is 0.815. The number of methoxy groups -OCH3 is 1. The Balaban J connectivity index is 4.14. The van der Waals surface area contributed by atoms with E-state index in [2.05, 4.69) is 9.47 Å². The second-order valence-corrected chi connectivity index (χ2v) is 2.24. The summed E-state index contributed by atoms with van der Waals surface area (Å²) in [5, 5.41) is 0. The minimum absolute atomic E-state index is 0.284. The molecule has 12 heavy (non-hydrogen) atoms. The van der Waals surface area contributed by atoms with Crippen LogP contribution in [0.4, 0.5) is 0 Å². The summed E-state index contributed by atoms with van der Waals surface area (Å²) in [6, 6.07) is 0. The van der Waals surface area contributed by atoms with Crippen molar-refractivity contribution >= 4 is 11.9 Å². The summed E-state index contributed by atoms with van der Waals surface area (Å²) in [5.41, 5.74) is 0. The molecule has 0 fully saturated rings. The van der Waals surface area contributed by atoms with Gasteiger partial charge in [-0.1, -0.05) is 6.92 Å². The smallest absolute Gasteiger partial charge is 0.320 e. The number of hydrogen-bond donors (Lipinski definition) is 0. The Morgan fingerprint density at radius 2 is 1.83 bits per heavy atom. The third-order valence-electron chi connectivity index (χ3n) is 1.47. The maximum absolute atomic E-state index is 11.1. The van der Waals surface area contributed by atoms with Crippen molar-refractivity contribution in [3.05, 3.63) is 0 Å². The van der Waals surface area contributed by atoms with E-state index >= 15 is 0 Å². The minimum atomic E-state index is -0.769. The van der Waals surface area contributed by atoms with Gasteiger partial charge in [0.05, 0.1) is 13.7 Å². The molecule has 0 rings (SSSR count). The first-order valence-electron chi connectivity index (χ1n) is 3.91. The lowest BCUT2D eigenvalue weighted by molar-refractivity contribution is -0.160. The molecule has 0 amide bonds. The van der Waals surface area contributed by atoms with Crippen molar-refractivity contribution in [3.63, 3.8) is 0 Å². The normalized spacial score (nSPS) is 11.9. The Kier molecular flexibility index (Phi) is 5.08. The number of ether oxygens (including phenoxy) is 2. The highest BCUT2D eigenvalue weighted by molar-refractivity contribution is 5.94. The fourth-order valence-corrected chi connectivity index (χ4v) is 0.815. The maximum atomic E-state index is 11.1. The van der Waals surface area contributed by atoms with Crippen LogP contribution in [0.3, 0.4) is 0 Å². The van der Waals surface area contributed by atoms with E-state index in [1.807, 2.05) is 0 Å². The van der Waals surface area contributed by atoms with Crippen LogP contribution in [0, 0.1) is 5.92 Å². The van der Waals surface area contributed by atoms with Gasteiger partial charge in [-0.3, -0.25) is 9.59 Å². The SMILES string of the molecule is CCOC(=O)[C@H](CC)C(=O)OC. The molecule has 0 aliphatic carbocycles. The maximum Gasteiger partial charge on any atom is 0.320 e. The first-order valence-corrected chi connectivity index (χ1v) is 3.91. The Bertz CT molecular complexity index is 164. The van der Waals surface area contributed by atoms with E-state index < -0.39 is 17.9 Å². The van der Waals surface area contributed by atoms with Crippen molar-refractivity contribution in [2.75, 3.05) is 13.7 Å².